The van der Waals surface area contributed by atoms with Crippen molar-refractivity contribution < 1.29 is 0 Å². The van der Waals surface area contributed by atoms with Gasteiger partial charge in [0.2, 0.25) is 0 Å². The van der Waals surface area contributed by atoms with Crippen LogP contribution >= 0.6 is 0 Å². The first-order valence-electron chi connectivity index (χ1n) is 9.82. The van der Waals surface area contributed by atoms with Crippen molar-refractivity contribution in [3.63, 3.8) is 0 Å². The van der Waals surface area contributed by atoms with E-state index >= 15 is 0 Å². The number of anilines is 4. The number of fused-ring (bicyclic) bond motifs is 1. The van der Waals surface area contributed by atoms with Gasteiger partial charge < -0.3 is 15.1 Å². The van der Waals surface area contributed by atoms with E-state index in [4.69, 9.17) is 4.98 Å². The molecule has 140 valence electrons. The molecule has 0 aliphatic carbocycles. The maximum atomic E-state index is 4.95. The third kappa shape index (κ3) is 3.37. The molecule has 0 atom stereocenters. The van der Waals surface area contributed by atoms with Gasteiger partial charge in [-0.2, -0.15) is 0 Å². The lowest BCUT2D eigenvalue weighted by molar-refractivity contribution is 0.786. The largest absolute Gasteiger partial charge is 0.379 e. The van der Waals surface area contributed by atoms with Crippen LogP contribution in [0.15, 0.2) is 18.2 Å². The molecule has 4 heteroatoms. The van der Waals surface area contributed by atoms with E-state index < -0.39 is 0 Å². The molecule has 0 amide bonds. The van der Waals surface area contributed by atoms with Crippen LogP contribution in [-0.2, 0) is 0 Å². The maximum Gasteiger partial charge on any atom is 0.158 e. The van der Waals surface area contributed by atoms with Gasteiger partial charge in [0, 0.05) is 37.6 Å². The summed E-state index contributed by atoms with van der Waals surface area (Å²) in [5.74, 6) is 1.07. The smallest absolute Gasteiger partial charge is 0.158 e. The molecule has 0 unspecified atom stereocenters. The minimum absolute atomic E-state index is 0.932. The fraction of sp³-hybridized carbons (Fsp3) is 0.500. The Morgan fingerprint density at radius 1 is 1.08 bits per heavy atom. The van der Waals surface area contributed by atoms with Gasteiger partial charge in [0.25, 0.3) is 0 Å². The molecule has 4 nitrogen and oxygen atoms in total. The molecular weight excluding hydrogens is 320 g/mol. The fourth-order valence-electron chi connectivity index (χ4n) is 4.19. The van der Waals surface area contributed by atoms with E-state index in [2.05, 4.69) is 74.9 Å². The Hall–Kier alpha value is -2.23. The van der Waals surface area contributed by atoms with Crippen LogP contribution in [-0.4, -0.2) is 31.2 Å². The van der Waals surface area contributed by atoms with Crippen molar-refractivity contribution in [1.82, 2.24) is 4.98 Å². The predicted molar refractivity (Wildman–Crippen MR) is 113 cm³/mol. The molecule has 2 aromatic rings. The molecule has 0 radical (unpaired) electrons. The Kier molecular flexibility index (Phi) is 5.40. The highest BCUT2D eigenvalue weighted by molar-refractivity contribution is 5.87. The second-order valence-corrected chi connectivity index (χ2v) is 7.39. The van der Waals surface area contributed by atoms with Crippen LogP contribution in [0.3, 0.4) is 0 Å². The number of aromatic nitrogens is 1. The number of hydrogen-bond acceptors (Lipinski definition) is 4. The quantitative estimate of drug-likeness (QED) is 0.810. The second-order valence-electron chi connectivity index (χ2n) is 7.39. The molecule has 1 aromatic heterocycles. The minimum atomic E-state index is 0.932. The number of aryl methyl sites for hydroxylation is 4. The highest BCUT2D eigenvalue weighted by Crippen LogP contribution is 2.42. The Bertz CT molecular complexity index is 774. The summed E-state index contributed by atoms with van der Waals surface area (Å²) in [5.41, 5.74) is 8.80. The average molecular weight is 353 g/mol. The molecule has 0 bridgehead atoms. The summed E-state index contributed by atoms with van der Waals surface area (Å²) in [5, 5.41) is 3.64. The number of hydrogen-bond donors (Lipinski definition) is 1. The Labute approximate surface area is 158 Å². The zero-order valence-corrected chi connectivity index (χ0v) is 17.1. The summed E-state index contributed by atoms with van der Waals surface area (Å²) < 4.78 is 0. The second kappa shape index (κ2) is 7.56. The van der Waals surface area contributed by atoms with E-state index in [1.54, 1.807) is 0 Å². The number of benzene rings is 1. The first-order chi connectivity index (χ1) is 12.5. The standard InChI is InChI=1S/C22H32N4/c1-7-10-25(8-2)19-14-18(6)24-22-20(19)23-9-11-26(22)21-16(4)12-15(3)13-17(21)5/h12-14,23H,7-11H2,1-6H3. The highest BCUT2D eigenvalue weighted by atomic mass is 15.3. The Morgan fingerprint density at radius 2 is 1.77 bits per heavy atom. The van der Waals surface area contributed by atoms with Gasteiger partial charge in [-0.1, -0.05) is 24.6 Å². The number of rotatable bonds is 5. The molecule has 1 aliphatic heterocycles. The summed E-state index contributed by atoms with van der Waals surface area (Å²) >= 11 is 0. The molecule has 1 aromatic carbocycles. The van der Waals surface area contributed by atoms with Crippen LogP contribution in [0.5, 0.6) is 0 Å². The molecule has 0 fully saturated rings. The summed E-state index contributed by atoms with van der Waals surface area (Å²) in [6.45, 7) is 17.1. The van der Waals surface area contributed by atoms with Crippen molar-refractivity contribution in [2.24, 2.45) is 0 Å². The van der Waals surface area contributed by atoms with E-state index in [-0.39, 0.29) is 0 Å². The zero-order valence-electron chi connectivity index (χ0n) is 17.1. The van der Waals surface area contributed by atoms with Crippen molar-refractivity contribution in [3.8, 4) is 0 Å². The van der Waals surface area contributed by atoms with Gasteiger partial charge in [0.05, 0.1) is 5.69 Å². The third-order valence-corrected chi connectivity index (χ3v) is 5.12. The van der Waals surface area contributed by atoms with Gasteiger partial charge >= 0.3 is 0 Å². The first kappa shape index (κ1) is 18.6. The SMILES string of the molecule is CCCN(CC)c1cc(C)nc2c1NCCN2c1c(C)cc(C)cc1C. The van der Waals surface area contributed by atoms with Crippen LogP contribution in [0.25, 0.3) is 0 Å². The zero-order chi connectivity index (χ0) is 18.8. The van der Waals surface area contributed by atoms with Crippen LogP contribution in [0.1, 0.15) is 42.7 Å². The molecule has 0 saturated carbocycles. The van der Waals surface area contributed by atoms with Crippen LogP contribution < -0.4 is 15.1 Å². The molecular formula is C22H32N4. The summed E-state index contributed by atoms with van der Waals surface area (Å²) in [6, 6.07) is 6.77. The lowest BCUT2D eigenvalue weighted by Crippen LogP contribution is -2.34. The van der Waals surface area contributed by atoms with Crippen molar-refractivity contribution in [1.29, 1.82) is 0 Å². The number of nitrogens with zero attached hydrogens (tertiary/aromatic N) is 3. The molecule has 26 heavy (non-hydrogen) atoms. The van der Waals surface area contributed by atoms with Gasteiger partial charge in [-0.25, -0.2) is 4.98 Å². The van der Waals surface area contributed by atoms with Crippen molar-refractivity contribution >= 4 is 22.9 Å². The Morgan fingerprint density at radius 3 is 2.38 bits per heavy atom. The molecule has 2 heterocycles. The fourth-order valence-corrected chi connectivity index (χ4v) is 4.19. The predicted octanol–water partition coefficient (Wildman–Crippen LogP) is 5.12. The monoisotopic (exact) mass is 352 g/mol. The van der Waals surface area contributed by atoms with Crippen LogP contribution in [0.2, 0.25) is 0 Å². The van der Waals surface area contributed by atoms with Crippen molar-refractivity contribution in [2.45, 2.75) is 48.0 Å². The van der Waals surface area contributed by atoms with Crippen LogP contribution in [0, 0.1) is 27.7 Å². The van der Waals surface area contributed by atoms with Crippen LogP contribution in [0.4, 0.5) is 22.9 Å². The lowest BCUT2D eigenvalue weighted by Gasteiger charge is -2.36. The number of pyridine rings is 1. The van der Waals surface area contributed by atoms with Gasteiger partial charge in [-0.15, -0.1) is 0 Å². The normalized spacial score (nSPS) is 13.4. The maximum absolute atomic E-state index is 4.95. The topological polar surface area (TPSA) is 31.4 Å². The summed E-state index contributed by atoms with van der Waals surface area (Å²) in [6.07, 6.45) is 1.14. The highest BCUT2D eigenvalue weighted by Gasteiger charge is 2.26. The third-order valence-electron chi connectivity index (χ3n) is 5.12. The van der Waals surface area contributed by atoms with Crippen molar-refractivity contribution in [2.75, 3.05) is 41.3 Å². The molecule has 1 aliphatic rings. The lowest BCUT2D eigenvalue weighted by atomic mass is 10.0. The van der Waals surface area contributed by atoms with E-state index in [0.717, 1.165) is 44.1 Å². The van der Waals surface area contributed by atoms with Gasteiger partial charge in [0.1, 0.15) is 5.69 Å². The molecule has 1 N–H and O–H groups in total. The van der Waals surface area contributed by atoms with Gasteiger partial charge in [-0.05, 0) is 58.2 Å². The van der Waals surface area contributed by atoms with Gasteiger partial charge in [-0.3, -0.25) is 0 Å². The van der Waals surface area contributed by atoms with E-state index in [1.807, 2.05) is 0 Å². The summed E-state index contributed by atoms with van der Waals surface area (Å²) in [7, 11) is 0. The molecule has 0 spiro atoms. The average Bonchev–Trinajstić information content (AvgIpc) is 2.58. The van der Waals surface area contributed by atoms with E-state index in [9.17, 15) is 0 Å². The summed E-state index contributed by atoms with van der Waals surface area (Å²) in [4.78, 5) is 9.82. The van der Waals surface area contributed by atoms with Crippen molar-refractivity contribution in [3.05, 3.63) is 40.6 Å². The van der Waals surface area contributed by atoms with E-state index in [0.29, 0.717) is 0 Å². The minimum Gasteiger partial charge on any atom is -0.379 e. The van der Waals surface area contributed by atoms with E-state index in [1.165, 1.54) is 33.8 Å². The number of nitrogens with one attached hydrogen (secondary N) is 1. The Balaban J connectivity index is 2.15. The van der Waals surface area contributed by atoms with Gasteiger partial charge in [0.15, 0.2) is 5.82 Å². The molecule has 3 rings (SSSR count). The molecule has 0 saturated heterocycles. The first-order valence-corrected chi connectivity index (χ1v) is 9.82.